The second kappa shape index (κ2) is 8.95. The maximum Gasteiger partial charge on any atom is 0.340 e. The van der Waals surface area contributed by atoms with Crippen molar-refractivity contribution in [3.05, 3.63) is 70.1 Å². The van der Waals surface area contributed by atoms with Gasteiger partial charge in [-0.1, -0.05) is 35.9 Å². The smallest absolute Gasteiger partial charge is 0.340 e. The number of allylic oxidation sites excluding steroid dienone is 2. The molecule has 0 unspecified atom stereocenters. The normalized spacial score (nSPS) is 13.9. The van der Waals surface area contributed by atoms with Crippen LogP contribution in [-0.2, 0) is 6.42 Å². The van der Waals surface area contributed by atoms with Crippen molar-refractivity contribution < 1.29 is 24.1 Å². The third kappa shape index (κ3) is 5.05. The summed E-state index contributed by atoms with van der Waals surface area (Å²) in [5, 5.41) is 20.5. The molecule has 1 saturated carbocycles. The second-order valence-electron chi connectivity index (χ2n) is 7.51. The molecule has 0 atom stereocenters. The summed E-state index contributed by atoms with van der Waals surface area (Å²) >= 11 is 0. The molecule has 152 valence electrons. The van der Waals surface area contributed by atoms with Crippen LogP contribution >= 0.6 is 0 Å². The van der Waals surface area contributed by atoms with E-state index >= 15 is 0 Å². The molecular weight excluding hydrogens is 371 g/mol. The minimum atomic E-state index is -1.21. The molecule has 0 heterocycles. The Kier molecular flexibility index (Phi) is 6.37. The Morgan fingerprint density at radius 1 is 1.21 bits per heavy atom. The van der Waals surface area contributed by atoms with Crippen LogP contribution in [-0.4, -0.2) is 22.3 Å². The van der Waals surface area contributed by atoms with Gasteiger partial charge in [-0.05, 0) is 68.9 Å². The number of hydrogen-bond acceptors (Lipinski definition) is 3. The van der Waals surface area contributed by atoms with E-state index in [0.717, 1.165) is 30.4 Å². The lowest BCUT2D eigenvalue weighted by molar-refractivity contribution is 0.0693. The van der Waals surface area contributed by atoms with Crippen molar-refractivity contribution in [2.45, 2.75) is 45.6 Å². The van der Waals surface area contributed by atoms with Crippen molar-refractivity contribution in [3.63, 3.8) is 0 Å². The number of carbonyl (C=O) groups is 1. The highest BCUT2D eigenvalue weighted by molar-refractivity contribution is 5.97. The predicted molar refractivity (Wildman–Crippen MR) is 112 cm³/mol. The zero-order valence-electron chi connectivity index (χ0n) is 16.6. The lowest BCUT2D eigenvalue weighted by atomic mass is 9.94. The molecule has 2 N–H and O–H groups in total. The van der Waals surface area contributed by atoms with Crippen LogP contribution in [0.15, 0.2) is 42.0 Å². The molecule has 0 radical (unpaired) electrons. The van der Waals surface area contributed by atoms with E-state index in [1.165, 1.54) is 12.1 Å². The van der Waals surface area contributed by atoms with E-state index in [-0.39, 0.29) is 23.2 Å². The van der Waals surface area contributed by atoms with Gasteiger partial charge in [-0.3, -0.25) is 0 Å². The van der Waals surface area contributed by atoms with Gasteiger partial charge in [0.2, 0.25) is 0 Å². The van der Waals surface area contributed by atoms with Crippen LogP contribution in [0.3, 0.4) is 0 Å². The van der Waals surface area contributed by atoms with Crippen LogP contribution < -0.4 is 4.74 Å². The first-order chi connectivity index (χ1) is 13.8. The first-order valence-corrected chi connectivity index (χ1v) is 9.71. The number of carboxylic acids is 1. The molecule has 0 spiro atoms. The van der Waals surface area contributed by atoms with Crippen LogP contribution in [0.5, 0.6) is 11.5 Å². The van der Waals surface area contributed by atoms with Gasteiger partial charge in [0.25, 0.3) is 0 Å². The lowest BCUT2D eigenvalue weighted by Gasteiger charge is -2.28. The maximum absolute atomic E-state index is 13.1. The molecule has 0 amide bonds. The van der Waals surface area contributed by atoms with E-state index in [0.29, 0.717) is 23.3 Å². The zero-order chi connectivity index (χ0) is 21.0. The molecule has 0 saturated heterocycles. The number of benzene rings is 2. The summed E-state index contributed by atoms with van der Waals surface area (Å²) in [7, 11) is 0. The number of ether oxygens (including phenoxy) is 1. The van der Waals surface area contributed by atoms with Crippen LogP contribution in [0, 0.1) is 5.82 Å². The molecule has 4 nitrogen and oxygen atoms in total. The average molecular weight is 396 g/mol. The molecule has 2 aromatic rings. The largest absolute Gasteiger partial charge is 0.507 e. The van der Waals surface area contributed by atoms with E-state index in [1.54, 1.807) is 30.4 Å². The number of phenols is 1. The molecule has 3 rings (SSSR count). The second-order valence-corrected chi connectivity index (χ2v) is 7.51. The SMILES string of the molecule is CC(C)=CCc1c(OC2CCC2)cc(/C=C/c2ccc(F)cc2)c(C(=O)O)c1O. The topological polar surface area (TPSA) is 66.8 Å². The van der Waals surface area contributed by atoms with E-state index in [4.69, 9.17) is 4.74 Å². The van der Waals surface area contributed by atoms with Gasteiger partial charge in [-0.15, -0.1) is 0 Å². The Balaban J connectivity index is 2.06. The van der Waals surface area contributed by atoms with Gasteiger partial charge < -0.3 is 14.9 Å². The van der Waals surface area contributed by atoms with Crippen LogP contribution in [0.4, 0.5) is 4.39 Å². The highest BCUT2D eigenvalue weighted by Crippen LogP contribution is 2.38. The quantitative estimate of drug-likeness (QED) is 0.456. The summed E-state index contributed by atoms with van der Waals surface area (Å²) in [5.41, 5.74) is 2.44. The number of rotatable bonds is 7. The van der Waals surface area contributed by atoms with Crippen molar-refractivity contribution in [1.29, 1.82) is 0 Å². The van der Waals surface area contributed by atoms with Crippen molar-refractivity contribution in [1.82, 2.24) is 0 Å². The Hall–Kier alpha value is -3.08. The first-order valence-electron chi connectivity index (χ1n) is 9.71. The minimum Gasteiger partial charge on any atom is -0.507 e. The molecule has 29 heavy (non-hydrogen) atoms. The highest BCUT2D eigenvalue weighted by Gasteiger charge is 2.25. The molecule has 2 aromatic carbocycles. The van der Waals surface area contributed by atoms with Gasteiger partial charge in [0.05, 0.1) is 6.10 Å². The molecule has 0 aromatic heterocycles. The Morgan fingerprint density at radius 2 is 1.90 bits per heavy atom. The van der Waals surface area contributed by atoms with E-state index in [9.17, 15) is 19.4 Å². The van der Waals surface area contributed by atoms with E-state index in [1.807, 2.05) is 19.9 Å². The fourth-order valence-corrected chi connectivity index (χ4v) is 3.10. The number of aromatic hydroxyl groups is 1. The summed E-state index contributed by atoms with van der Waals surface area (Å²) in [6.45, 7) is 3.89. The Labute approximate surface area is 170 Å². The van der Waals surface area contributed by atoms with E-state index in [2.05, 4.69) is 0 Å². The molecule has 1 fully saturated rings. The number of aromatic carboxylic acids is 1. The summed E-state index contributed by atoms with van der Waals surface area (Å²) in [4.78, 5) is 11.9. The average Bonchev–Trinajstić information content (AvgIpc) is 2.62. The molecule has 1 aliphatic rings. The third-order valence-corrected chi connectivity index (χ3v) is 4.99. The van der Waals surface area contributed by atoms with Gasteiger partial charge in [-0.25, -0.2) is 9.18 Å². The number of halogens is 1. The zero-order valence-corrected chi connectivity index (χ0v) is 16.6. The van der Waals surface area contributed by atoms with Crippen LogP contribution in [0.1, 0.15) is 60.2 Å². The standard InChI is InChI=1S/C24H25FO4/c1-15(2)6-13-20-21(29-19-4-3-5-19)14-17(22(23(20)26)24(27)28)10-7-16-8-11-18(25)12-9-16/h6-12,14,19,26H,3-5,13H2,1-2H3,(H,27,28)/b10-7+. The number of carboxylic acid groups (broad SMARTS) is 1. The fourth-order valence-electron chi connectivity index (χ4n) is 3.10. The highest BCUT2D eigenvalue weighted by atomic mass is 19.1. The van der Waals surface area contributed by atoms with Crippen LogP contribution in [0.2, 0.25) is 0 Å². The molecule has 0 bridgehead atoms. The number of hydrogen-bond donors (Lipinski definition) is 2. The first kappa shape index (κ1) is 20.6. The molecular formula is C24H25FO4. The Morgan fingerprint density at radius 3 is 2.45 bits per heavy atom. The van der Waals surface area contributed by atoms with Crippen molar-refractivity contribution in [3.8, 4) is 11.5 Å². The summed E-state index contributed by atoms with van der Waals surface area (Å²) < 4.78 is 19.2. The van der Waals surface area contributed by atoms with Crippen LogP contribution in [0.25, 0.3) is 12.2 Å². The van der Waals surface area contributed by atoms with Crippen molar-refractivity contribution >= 4 is 18.1 Å². The molecule has 1 aliphatic carbocycles. The predicted octanol–water partition coefficient (Wildman–Crippen LogP) is 5.84. The maximum atomic E-state index is 13.1. The summed E-state index contributed by atoms with van der Waals surface area (Å²) in [5.74, 6) is -1.32. The fraction of sp³-hybridized carbons (Fsp3) is 0.292. The lowest BCUT2D eigenvalue weighted by Crippen LogP contribution is -2.25. The molecule has 0 aliphatic heterocycles. The monoisotopic (exact) mass is 396 g/mol. The van der Waals surface area contributed by atoms with Gasteiger partial charge in [0.1, 0.15) is 22.9 Å². The van der Waals surface area contributed by atoms with E-state index < -0.39 is 5.97 Å². The van der Waals surface area contributed by atoms with Crippen molar-refractivity contribution in [2.24, 2.45) is 0 Å². The third-order valence-electron chi connectivity index (χ3n) is 4.99. The van der Waals surface area contributed by atoms with Crippen molar-refractivity contribution in [2.75, 3.05) is 0 Å². The van der Waals surface area contributed by atoms with Gasteiger partial charge in [-0.2, -0.15) is 0 Å². The summed E-state index contributed by atoms with van der Waals surface area (Å²) in [6.07, 6.45) is 8.70. The van der Waals surface area contributed by atoms with Gasteiger partial charge in [0.15, 0.2) is 0 Å². The van der Waals surface area contributed by atoms with Gasteiger partial charge in [0, 0.05) is 5.56 Å². The Bertz CT molecular complexity index is 950. The summed E-state index contributed by atoms with van der Waals surface area (Å²) in [6, 6.07) is 7.55. The minimum absolute atomic E-state index is 0.0875. The molecule has 5 heteroatoms. The van der Waals surface area contributed by atoms with Gasteiger partial charge >= 0.3 is 5.97 Å².